The Balaban J connectivity index is 1.58. The number of amides is 1. The van der Waals surface area contributed by atoms with Gasteiger partial charge >= 0.3 is 0 Å². The van der Waals surface area contributed by atoms with E-state index < -0.39 is 15.9 Å². The lowest BCUT2D eigenvalue weighted by molar-refractivity contribution is -0.118. The molecule has 0 aliphatic carbocycles. The molecule has 3 aromatic rings. The summed E-state index contributed by atoms with van der Waals surface area (Å²) in [5, 5.41) is 2.65. The highest BCUT2D eigenvalue weighted by atomic mass is 32.2. The van der Waals surface area contributed by atoms with E-state index in [9.17, 15) is 13.2 Å². The third kappa shape index (κ3) is 6.05. The second kappa shape index (κ2) is 10.4. The first-order chi connectivity index (χ1) is 15.4. The van der Waals surface area contributed by atoms with E-state index in [1.54, 1.807) is 18.2 Å². The molecule has 2 N–H and O–H groups in total. The van der Waals surface area contributed by atoms with Crippen molar-refractivity contribution in [3.05, 3.63) is 79.1 Å². The van der Waals surface area contributed by atoms with Gasteiger partial charge in [-0.1, -0.05) is 12.1 Å². The summed E-state index contributed by atoms with van der Waals surface area (Å²) in [6.45, 7) is 3.46. The zero-order chi connectivity index (χ0) is 23.0. The van der Waals surface area contributed by atoms with E-state index in [1.165, 1.54) is 43.8 Å². The molecule has 0 aliphatic rings. The van der Waals surface area contributed by atoms with Crippen molar-refractivity contribution >= 4 is 27.6 Å². The minimum absolute atomic E-state index is 0.00329. The second-order valence-electron chi connectivity index (χ2n) is 6.52. The highest BCUT2D eigenvalue weighted by molar-refractivity contribution is 7.92. The van der Waals surface area contributed by atoms with Crippen molar-refractivity contribution in [2.24, 2.45) is 0 Å². The van der Waals surface area contributed by atoms with Crippen molar-refractivity contribution in [1.29, 1.82) is 0 Å². The van der Waals surface area contributed by atoms with Crippen LogP contribution in [0.4, 0.5) is 11.6 Å². The van der Waals surface area contributed by atoms with Crippen molar-refractivity contribution < 1.29 is 22.7 Å². The number of benzene rings is 2. The highest BCUT2D eigenvalue weighted by Gasteiger charge is 2.16. The minimum atomic E-state index is -3.85. The Labute approximate surface area is 186 Å². The normalized spacial score (nSPS) is 10.8. The van der Waals surface area contributed by atoms with Gasteiger partial charge in [0, 0.05) is 18.1 Å². The SMILES string of the molecule is C=CCc1ccc(OCC(=O)Nc2ccc(S(=O)(=O)Nc3ncccn3)cc2)c(OC)c1. The molecule has 0 atom stereocenters. The number of carbonyl (C=O) groups excluding carboxylic acids is 1. The van der Waals surface area contributed by atoms with Crippen LogP contribution in [-0.4, -0.2) is 38.0 Å². The van der Waals surface area contributed by atoms with Gasteiger partial charge in [0.2, 0.25) is 5.95 Å². The van der Waals surface area contributed by atoms with Crippen LogP contribution in [0, 0.1) is 0 Å². The molecule has 32 heavy (non-hydrogen) atoms. The van der Waals surface area contributed by atoms with Gasteiger partial charge in [-0.2, -0.15) is 0 Å². The number of methoxy groups -OCH3 is 1. The first-order valence-electron chi connectivity index (χ1n) is 9.51. The second-order valence-corrected chi connectivity index (χ2v) is 8.20. The number of hydrogen-bond donors (Lipinski definition) is 2. The molecule has 3 rings (SSSR count). The van der Waals surface area contributed by atoms with Gasteiger partial charge in [0.15, 0.2) is 18.1 Å². The minimum Gasteiger partial charge on any atom is -0.493 e. The molecule has 0 fully saturated rings. The number of anilines is 2. The van der Waals surface area contributed by atoms with Crippen LogP contribution in [0.2, 0.25) is 0 Å². The van der Waals surface area contributed by atoms with Crippen LogP contribution in [0.5, 0.6) is 11.5 Å². The summed E-state index contributed by atoms with van der Waals surface area (Å²) in [5.41, 5.74) is 1.43. The highest BCUT2D eigenvalue weighted by Crippen LogP contribution is 2.28. The molecule has 10 heteroatoms. The monoisotopic (exact) mass is 454 g/mol. The third-order valence-corrected chi connectivity index (χ3v) is 5.55. The summed E-state index contributed by atoms with van der Waals surface area (Å²) in [4.78, 5) is 19.9. The average Bonchev–Trinajstić information content (AvgIpc) is 2.79. The average molecular weight is 455 g/mol. The number of nitrogens with zero attached hydrogens (tertiary/aromatic N) is 2. The molecule has 0 saturated carbocycles. The molecule has 1 aromatic heterocycles. The molecule has 0 saturated heterocycles. The standard InChI is InChI=1S/C22H22N4O5S/c1-3-5-16-6-11-19(20(14-16)30-2)31-15-21(27)25-17-7-9-18(10-8-17)32(28,29)26-22-23-12-4-13-24-22/h3-4,6-14H,1,5,15H2,2H3,(H,25,27)(H,23,24,26). The molecule has 0 radical (unpaired) electrons. The van der Waals surface area contributed by atoms with Crippen LogP contribution in [0.3, 0.4) is 0 Å². The lowest BCUT2D eigenvalue weighted by Gasteiger charge is -2.12. The number of rotatable bonds is 10. The molecule has 9 nitrogen and oxygen atoms in total. The van der Waals surface area contributed by atoms with E-state index in [1.807, 2.05) is 12.1 Å². The maximum Gasteiger partial charge on any atom is 0.264 e. The number of hydrogen-bond acceptors (Lipinski definition) is 7. The zero-order valence-corrected chi connectivity index (χ0v) is 18.1. The molecule has 0 unspecified atom stereocenters. The summed E-state index contributed by atoms with van der Waals surface area (Å²) in [5.74, 6) is 0.510. The van der Waals surface area contributed by atoms with E-state index in [4.69, 9.17) is 9.47 Å². The summed E-state index contributed by atoms with van der Waals surface area (Å²) in [7, 11) is -2.33. The molecule has 0 bridgehead atoms. The van der Waals surface area contributed by atoms with Crippen LogP contribution < -0.4 is 19.5 Å². The van der Waals surface area contributed by atoms with Crippen LogP contribution in [0.1, 0.15) is 5.56 Å². The zero-order valence-electron chi connectivity index (χ0n) is 17.3. The van der Waals surface area contributed by atoms with Crippen molar-refractivity contribution in [3.63, 3.8) is 0 Å². The van der Waals surface area contributed by atoms with E-state index >= 15 is 0 Å². The smallest absolute Gasteiger partial charge is 0.264 e. The third-order valence-electron chi connectivity index (χ3n) is 4.21. The van der Waals surface area contributed by atoms with Crippen molar-refractivity contribution in [1.82, 2.24) is 9.97 Å². The lowest BCUT2D eigenvalue weighted by Crippen LogP contribution is -2.20. The summed E-state index contributed by atoms with van der Waals surface area (Å²) in [6.07, 6.45) is 5.33. The number of ether oxygens (including phenoxy) is 2. The Hall–Kier alpha value is -3.92. The van der Waals surface area contributed by atoms with Gasteiger partial charge in [-0.25, -0.2) is 23.1 Å². The summed E-state index contributed by atoms with van der Waals surface area (Å²) >= 11 is 0. The molecule has 1 heterocycles. The van der Waals surface area contributed by atoms with E-state index in [2.05, 4.69) is 26.6 Å². The Morgan fingerprint density at radius 3 is 2.47 bits per heavy atom. The first kappa shape index (κ1) is 22.8. The summed E-state index contributed by atoms with van der Waals surface area (Å²) in [6, 6.07) is 12.7. The number of sulfonamides is 1. The Morgan fingerprint density at radius 1 is 1.09 bits per heavy atom. The van der Waals surface area contributed by atoms with Gasteiger partial charge in [0.1, 0.15) is 0 Å². The predicted molar refractivity (Wildman–Crippen MR) is 120 cm³/mol. The Bertz CT molecular complexity index is 1180. The Morgan fingerprint density at radius 2 is 1.81 bits per heavy atom. The topological polar surface area (TPSA) is 120 Å². The molecular formula is C22H22N4O5S. The summed E-state index contributed by atoms with van der Waals surface area (Å²) < 4.78 is 38.0. The van der Waals surface area contributed by atoms with E-state index in [0.29, 0.717) is 23.6 Å². The van der Waals surface area contributed by atoms with Crippen LogP contribution >= 0.6 is 0 Å². The van der Waals surface area contributed by atoms with Crippen molar-refractivity contribution in [3.8, 4) is 11.5 Å². The Kier molecular flexibility index (Phi) is 7.40. The fraction of sp³-hybridized carbons (Fsp3) is 0.136. The molecule has 0 spiro atoms. The molecule has 2 aromatic carbocycles. The van der Waals surface area contributed by atoms with Crippen LogP contribution in [-0.2, 0) is 21.2 Å². The van der Waals surface area contributed by atoms with Gasteiger partial charge < -0.3 is 14.8 Å². The molecule has 0 aliphatic heterocycles. The van der Waals surface area contributed by atoms with E-state index in [-0.39, 0.29) is 17.5 Å². The maximum absolute atomic E-state index is 12.4. The van der Waals surface area contributed by atoms with Crippen LogP contribution in [0.25, 0.3) is 0 Å². The van der Waals surface area contributed by atoms with Gasteiger partial charge in [0.05, 0.1) is 12.0 Å². The quantitative estimate of drug-likeness (QED) is 0.452. The van der Waals surface area contributed by atoms with Gasteiger partial charge in [-0.05, 0) is 54.4 Å². The number of allylic oxidation sites excluding steroid dienone is 1. The largest absolute Gasteiger partial charge is 0.493 e. The molecule has 1 amide bonds. The van der Waals surface area contributed by atoms with Crippen molar-refractivity contribution in [2.45, 2.75) is 11.3 Å². The van der Waals surface area contributed by atoms with Crippen molar-refractivity contribution in [2.75, 3.05) is 23.8 Å². The first-order valence-corrected chi connectivity index (χ1v) is 11.0. The maximum atomic E-state index is 12.4. The number of aromatic nitrogens is 2. The molecular weight excluding hydrogens is 432 g/mol. The predicted octanol–water partition coefficient (Wildman–Crippen LogP) is 3.03. The lowest BCUT2D eigenvalue weighted by atomic mass is 10.1. The number of carbonyl (C=O) groups is 1. The number of nitrogens with one attached hydrogen (secondary N) is 2. The van der Waals surface area contributed by atoms with E-state index in [0.717, 1.165) is 5.56 Å². The molecule has 166 valence electrons. The fourth-order valence-corrected chi connectivity index (χ4v) is 3.67. The van der Waals surface area contributed by atoms with Gasteiger partial charge in [-0.15, -0.1) is 6.58 Å². The van der Waals surface area contributed by atoms with Gasteiger partial charge in [-0.3, -0.25) is 4.79 Å². The van der Waals surface area contributed by atoms with Crippen LogP contribution in [0.15, 0.2) is 78.5 Å². The fourth-order valence-electron chi connectivity index (χ4n) is 2.71. The van der Waals surface area contributed by atoms with Gasteiger partial charge in [0.25, 0.3) is 15.9 Å².